The zero-order valence-electron chi connectivity index (χ0n) is 15.1. The number of carbonyl (C=O) groups is 1. The number of hydrogen-bond donors (Lipinski definition) is 1. The van der Waals surface area contributed by atoms with Gasteiger partial charge in [0.15, 0.2) is 11.0 Å². The van der Waals surface area contributed by atoms with Gasteiger partial charge in [-0.2, -0.15) is 0 Å². The van der Waals surface area contributed by atoms with Crippen molar-refractivity contribution < 1.29 is 9.53 Å². The van der Waals surface area contributed by atoms with Crippen LogP contribution in [0.1, 0.15) is 25.8 Å². The topological polar surface area (TPSA) is 69.0 Å². The molecule has 0 bridgehead atoms. The van der Waals surface area contributed by atoms with E-state index in [-0.39, 0.29) is 5.91 Å². The fourth-order valence-corrected chi connectivity index (χ4v) is 3.26. The van der Waals surface area contributed by atoms with Crippen molar-refractivity contribution in [1.29, 1.82) is 0 Å². The number of carbonyl (C=O) groups excluding carboxylic acids is 1. The predicted molar refractivity (Wildman–Crippen MR) is 101 cm³/mol. The Morgan fingerprint density at radius 1 is 1.28 bits per heavy atom. The van der Waals surface area contributed by atoms with Crippen LogP contribution in [0, 0.1) is 6.92 Å². The lowest BCUT2D eigenvalue weighted by molar-refractivity contribution is -0.118. The van der Waals surface area contributed by atoms with Crippen LogP contribution in [0.4, 0.5) is 0 Å². The van der Waals surface area contributed by atoms with Gasteiger partial charge in [-0.3, -0.25) is 4.79 Å². The molecule has 0 atom stereocenters. The molecule has 25 heavy (non-hydrogen) atoms. The molecule has 0 aliphatic carbocycles. The first kappa shape index (κ1) is 19.5. The molecule has 7 heteroatoms. The fourth-order valence-electron chi connectivity index (χ4n) is 2.43. The molecule has 1 N–H and O–H groups in total. The largest absolute Gasteiger partial charge is 0.382 e. The predicted octanol–water partition coefficient (Wildman–Crippen LogP) is 2.91. The van der Waals surface area contributed by atoms with E-state index in [0.29, 0.717) is 25.5 Å². The molecule has 0 fully saturated rings. The molecule has 0 aliphatic rings. The summed E-state index contributed by atoms with van der Waals surface area (Å²) in [6.07, 6.45) is 0.826. The minimum absolute atomic E-state index is 0.00425. The Hall–Kier alpha value is -1.86. The van der Waals surface area contributed by atoms with Gasteiger partial charge < -0.3 is 14.6 Å². The van der Waals surface area contributed by atoms with Crippen LogP contribution >= 0.6 is 11.8 Å². The number of thioether (sulfide) groups is 1. The van der Waals surface area contributed by atoms with E-state index < -0.39 is 0 Å². The highest BCUT2D eigenvalue weighted by Gasteiger charge is 2.15. The van der Waals surface area contributed by atoms with E-state index in [1.54, 1.807) is 0 Å². The Morgan fingerprint density at radius 2 is 2.08 bits per heavy atom. The standard InChI is InChI=1S/C18H26N4O2S/c1-4-22-17(15-10-7-6-9-14(15)3)20-21-18(22)25-13-16(23)19-11-8-12-24-5-2/h6-7,9-10H,4-5,8,11-13H2,1-3H3,(H,19,23). The van der Waals surface area contributed by atoms with Crippen LogP contribution in [-0.4, -0.2) is 46.2 Å². The number of amides is 1. The van der Waals surface area contributed by atoms with Gasteiger partial charge in [0.05, 0.1) is 5.75 Å². The first-order valence-electron chi connectivity index (χ1n) is 8.63. The second kappa shape index (κ2) is 10.2. The van der Waals surface area contributed by atoms with Gasteiger partial charge >= 0.3 is 0 Å². The summed E-state index contributed by atoms with van der Waals surface area (Å²) in [6, 6.07) is 8.12. The number of nitrogens with zero attached hydrogens (tertiary/aromatic N) is 3. The molecule has 0 spiro atoms. The summed E-state index contributed by atoms with van der Waals surface area (Å²) in [5, 5.41) is 12.3. The number of nitrogens with one attached hydrogen (secondary N) is 1. The van der Waals surface area contributed by atoms with Crippen molar-refractivity contribution in [2.24, 2.45) is 0 Å². The first-order valence-corrected chi connectivity index (χ1v) is 9.62. The van der Waals surface area contributed by atoms with Crippen molar-refractivity contribution in [2.45, 2.75) is 38.9 Å². The van der Waals surface area contributed by atoms with Gasteiger partial charge in [-0.1, -0.05) is 36.0 Å². The Balaban J connectivity index is 1.93. The van der Waals surface area contributed by atoms with Crippen LogP contribution in [0.25, 0.3) is 11.4 Å². The summed E-state index contributed by atoms with van der Waals surface area (Å²) in [5.74, 6) is 1.19. The molecule has 2 rings (SSSR count). The maximum Gasteiger partial charge on any atom is 0.230 e. The maximum atomic E-state index is 11.9. The summed E-state index contributed by atoms with van der Waals surface area (Å²) in [7, 11) is 0. The lowest BCUT2D eigenvalue weighted by Crippen LogP contribution is -2.27. The Bertz CT molecular complexity index is 687. The van der Waals surface area contributed by atoms with Gasteiger partial charge in [-0.15, -0.1) is 10.2 Å². The van der Waals surface area contributed by atoms with E-state index in [1.807, 2.05) is 25.1 Å². The molecule has 0 aliphatic heterocycles. The summed E-state index contributed by atoms with van der Waals surface area (Å²) in [6.45, 7) is 8.86. The molecule has 1 aromatic heterocycles. The Morgan fingerprint density at radius 3 is 2.80 bits per heavy atom. The highest BCUT2D eigenvalue weighted by Crippen LogP contribution is 2.25. The molecule has 2 aromatic rings. The van der Waals surface area contributed by atoms with Crippen LogP contribution < -0.4 is 5.32 Å². The lowest BCUT2D eigenvalue weighted by atomic mass is 10.1. The van der Waals surface area contributed by atoms with Crippen LogP contribution in [0.3, 0.4) is 0 Å². The molecular formula is C18H26N4O2S. The molecular weight excluding hydrogens is 336 g/mol. The van der Waals surface area contributed by atoms with Crippen molar-refractivity contribution in [1.82, 2.24) is 20.1 Å². The first-order chi connectivity index (χ1) is 12.2. The van der Waals surface area contributed by atoms with Gasteiger partial charge in [-0.25, -0.2) is 0 Å². The Labute approximate surface area is 153 Å². The average molecular weight is 362 g/mol. The van der Waals surface area contributed by atoms with E-state index in [1.165, 1.54) is 11.8 Å². The van der Waals surface area contributed by atoms with Crippen LogP contribution in [0.5, 0.6) is 0 Å². The van der Waals surface area contributed by atoms with Crippen LogP contribution in [0.15, 0.2) is 29.4 Å². The maximum absolute atomic E-state index is 11.9. The molecule has 1 heterocycles. The number of ether oxygens (including phenoxy) is 1. The number of rotatable bonds is 10. The van der Waals surface area contributed by atoms with Crippen molar-refractivity contribution in [3.63, 3.8) is 0 Å². The third kappa shape index (κ3) is 5.57. The second-order valence-corrected chi connectivity index (χ2v) is 6.50. The van der Waals surface area contributed by atoms with E-state index in [9.17, 15) is 4.79 Å². The summed E-state index contributed by atoms with van der Waals surface area (Å²) in [4.78, 5) is 11.9. The molecule has 1 aromatic carbocycles. The van der Waals surface area contributed by atoms with E-state index in [4.69, 9.17) is 4.74 Å². The fraction of sp³-hybridized carbons (Fsp3) is 0.500. The van der Waals surface area contributed by atoms with Crippen molar-refractivity contribution in [3.8, 4) is 11.4 Å². The third-order valence-electron chi connectivity index (χ3n) is 3.74. The zero-order valence-corrected chi connectivity index (χ0v) is 15.9. The smallest absolute Gasteiger partial charge is 0.230 e. The highest BCUT2D eigenvalue weighted by atomic mass is 32.2. The van der Waals surface area contributed by atoms with Gasteiger partial charge in [0.25, 0.3) is 0 Å². The third-order valence-corrected chi connectivity index (χ3v) is 4.71. The SMILES string of the molecule is CCOCCCNC(=O)CSc1nnc(-c2ccccc2C)n1CC. The Kier molecular flexibility index (Phi) is 7.94. The highest BCUT2D eigenvalue weighted by molar-refractivity contribution is 7.99. The molecule has 1 amide bonds. The quantitative estimate of drug-likeness (QED) is 0.520. The second-order valence-electron chi connectivity index (χ2n) is 5.55. The summed E-state index contributed by atoms with van der Waals surface area (Å²) < 4.78 is 7.30. The molecule has 136 valence electrons. The zero-order chi connectivity index (χ0) is 18.1. The van der Waals surface area contributed by atoms with Gasteiger partial charge in [0.2, 0.25) is 5.91 Å². The van der Waals surface area contributed by atoms with Crippen LogP contribution in [-0.2, 0) is 16.1 Å². The van der Waals surface area contributed by atoms with Gasteiger partial charge in [-0.05, 0) is 32.8 Å². The van der Waals surface area contributed by atoms with E-state index >= 15 is 0 Å². The number of benzene rings is 1. The normalized spacial score (nSPS) is 10.8. The molecule has 0 unspecified atom stereocenters. The van der Waals surface area contributed by atoms with Crippen molar-refractivity contribution in [3.05, 3.63) is 29.8 Å². The van der Waals surface area contributed by atoms with Crippen molar-refractivity contribution >= 4 is 17.7 Å². The van der Waals surface area contributed by atoms with Gasteiger partial charge in [0, 0.05) is 31.9 Å². The molecule has 0 saturated carbocycles. The minimum atomic E-state index is 0.00425. The number of hydrogen-bond acceptors (Lipinski definition) is 5. The molecule has 0 radical (unpaired) electrons. The molecule has 6 nitrogen and oxygen atoms in total. The van der Waals surface area contributed by atoms with E-state index in [0.717, 1.165) is 35.1 Å². The lowest BCUT2D eigenvalue weighted by Gasteiger charge is -2.09. The van der Waals surface area contributed by atoms with E-state index in [2.05, 4.69) is 40.0 Å². The number of aryl methyl sites for hydroxylation is 1. The van der Waals surface area contributed by atoms with Crippen LogP contribution in [0.2, 0.25) is 0 Å². The van der Waals surface area contributed by atoms with Gasteiger partial charge in [0.1, 0.15) is 0 Å². The number of aromatic nitrogens is 3. The molecule has 0 saturated heterocycles. The monoisotopic (exact) mass is 362 g/mol. The average Bonchev–Trinajstić information content (AvgIpc) is 3.03. The van der Waals surface area contributed by atoms with Crippen molar-refractivity contribution in [2.75, 3.05) is 25.5 Å². The minimum Gasteiger partial charge on any atom is -0.382 e. The summed E-state index contributed by atoms with van der Waals surface area (Å²) >= 11 is 1.42. The summed E-state index contributed by atoms with van der Waals surface area (Å²) in [5.41, 5.74) is 2.23.